The molecule has 168 valence electrons. The van der Waals surface area contributed by atoms with Gasteiger partial charge < -0.3 is 29.0 Å². The van der Waals surface area contributed by atoms with Crippen LogP contribution in [0.25, 0.3) is 0 Å². The Bertz CT molecular complexity index is 1100. The van der Waals surface area contributed by atoms with Crippen LogP contribution in [0, 0.1) is 11.6 Å². The van der Waals surface area contributed by atoms with Gasteiger partial charge in [-0.25, -0.2) is 13.6 Å². The predicted molar refractivity (Wildman–Crippen MR) is 114 cm³/mol. The summed E-state index contributed by atoms with van der Waals surface area (Å²) in [6.07, 6.45) is 1.92. The number of anilines is 1. The van der Waals surface area contributed by atoms with Crippen molar-refractivity contribution in [1.29, 1.82) is 0 Å². The highest BCUT2D eigenvalue weighted by atomic mass is 19.1. The maximum absolute atomic E-state index is 14.1. The number of rotatable bonds is 5. The molecule has 0 saturated carbocycles. The van der Waals surface area contributed by atoms with Gasteiger partial charge in [0.15, 0.2) is 11.5 Å². The number of methoxy groups -OCH3 is 3. The quantitative estimate of drug-likeness (QED) is 0.634. The van der Waals surface area contributed by atoms with Crippen molar-refractivity contribution in [3.63, 3.8) is 0 Å². The lowest BCUT2D eigenvalue weighted by Crippen LogP contribution is -2.44. The van der Waals surface area contributed by atoms with E-state index < -0.39 is 29.4 Å². The van der Waals surface area contributed by atoms with Gasteiger partial charge in [-0.1, -0.05) is 6.07 Å². The summed E-state index contributed by atoms with van der Waals surface area (Å²) in [6.45, 7) is 0.862. The third kappa shape index (κ3) is 3.70. The Morgan fingerprint density at radius 2 is 1.62 bits per heavy atom. The van der Waals surface area contributed by atoms with Gasteiger partial charge >= 0.3 is 6.03 Å². The summed E-state index contributed by atoms with van der Waals surface area (Å²) in [6, 6.07) is 9.56. The lowest BCUT2D eigenvalue weighted by Gasteiger charge is -2.37. The lowest BCUT2D eigenvalue weighted by molar-refractivity contribution is 0.181. The number of ether oxygens (including phenoxy) is 3. The molecular weight excluding hydrogens is 420 g/mol. The molecule has 1 aliphatic heterocycles. The molecule has 2 amide bonds. The van der Waals surface area contributed by atoms with Crippen LogP contribution in [0.15, 0.2) is 48.7 Å². The minimum absolute atomic E-state index is 0.324. The lowest BCUT2D eigenvalue weighted by atomic mass is 9.99. The van der Waals surface area contributed by atoms with Crippen LogP contribution >= 0.6 is 0 Å². The van der Waals surface area contributed by atoms with Crippen LogP contribution in [-0.4, -0.2) is 43.4 Å². The van der Waals surface area contributed by atoms with E-state index in [1.54, 1.807) is 12.1 Å². The second kappa shape index (κ2) is 8.78. The third-order valence-corrected chi connectivity index (χ3v) is 5.50. The van der Waals surface area contributed by atoms with Gasteiger partial charge in [0.1, 0.15) is 17.3 Å². The van der Waals surface area contributed by atoms with E-state index in [-0.39, 0.29) is 0 Å². The highest BCUT2D eigenvalue weighted by Gasteiger charge is 2.34. The first kappa shape index (κ1) is 21.5. The van der Waals surface area contributed by atoms with Crippen molar-refractivity contribution in [1.82, 2.24) is 9.47 Å². The summed E-state index contributed by atoms with van der Waals surface area (Å²) in [4.78, 5) is 14.7. The van der Waals surface area contributed by atoms with Gasteiger partial charge in [-0.15, -0.1) is 0 Å². The Kier molecular flexibility index (Phi) is 5.89. The van der Waals surface area contributed by atoms with Gasteiger partial charge in [0.25, 0.3) is 0 Å². The average Bonchev–Trinajstić information content (AvgIpc) is 3.28. The molecule has 0 spiro atoms. The second-order valence-electron chi connectivity index (χ2n) is 7.21. The number of nitrogens with zero attached hydrogens (tertiary/aromatic N) is 2. The van der Waals surface area contributed by atoms with Crippen molar-refractivity contribution in [2.45, 2.75) is 12.6 Å². The van der Waals surface area contributed by atoms with Crippen LogP contribution in [0.5, 0.6) is 17.2 Å². The number of hydrogen-bond acceptors (Lipinski definition) is 4. The molecular formula is C23H23F2N3O4. The molecule has 1 atom stereocenters. The van der Waals surface area contributed by atoms with E-state index in [0.717, 1.165) is 17.8 Å². The summed E-state index contributed by atoms with van der Waals surface area (Å²) >= 11 is 0. The van der Waals surface area contributed by atoms with E-state index in [4.69, 9.17) is 14.2 Å². The number of nitrogens with one attached hydrogen (secondary N) is 1. The molecule has 2 heterocycles. The number of para-hydroxylation sites is 1. The fourth-order valence-corrected chi connectivity index (χ4v) is 4.01. The highest BCUT2D eigenvalue weighted by Crippen LogP contribution is 2.43. The average molecular weight is 443 g/mol. The van der Waals surface area contributed by atoms with Crippen molar-refractivity contribution in [3.05, 3.63) is 71.6 Å². The van der Waals surface area contributed by atoms with Crippen molar-refractivity contribution in [2.75, 3.05) is 33.2 Å². The van der Waals surface area contributed by atoms with Crippen LogP contribution in [0.4, 0.5) is 19.3 Å². The predicted octanol–water partition coefficient (Wildman–Crippen LogP) is 4.43. The maximum Gasteiger partial charge on any atom is 0.322 e. The first-order valence-electron chi connectivity index (χ1n) is 9.95. The third-order valence-electron chi connectivity index (χ3n) is 5.50. The fraction of sp³-hybridized carbons (Fsp3) is 0.261. The van der Waals surface area contributed by atoms with Gasteiger partial charge in [-0.2, -0.15) is 0 Å². The molecule has 1 aromatic heterocycles. The summed E-state index contributed by atoms with van der Waals surface area (Å²) in [5.74, 6) is -0.391. The van der Waals surface area contributed by atoms with Crippen LogP contribution in [0.1, 0.15) is 17.3 Å². The van der Waals surface area contributed by atoms with Crippen LogP contribution < -0.4 is 19.5 Å². The van der Waals surface area contributed by atoms with Gasteiger partial charge in [-0.05, 0) is 42.0 Å². The van der Waals surface area contributed by atoms with Crippen molar-refractivity contribution in [3.8, 4) is 17.2 Å². The monoisotopic (exact) mass is 443 g/mol. The smallest absolute Gasteiger partial charge is 0.322 e. The number of carbonyl (C=O) groups excluding carboxylic acids is 1. The van der Waals surface area contributed by atoms with Crippen molar-refractivity contribution in [2.24, 2.45) is 0 Å². The highest BCUT2D eigenvalue weighted by molar-refractivity contribution is 5.90. The number of aromatic nitrogens is 1. The Morgan fingerprint density at radius 1 is 0.969 bits per heavy atom. The maximum atomic E-state index is 14.1. The molecule has 0 saturated heterocycles. The number of amides is 2. The first-order chi connectivity index (χ1) is 15.5. The van der Waals surface area contributed by atoms with Crippen molar-refractivity contribution < 1.29 is 27.8 Å². The molecule has 0 radical (unpaired) electrons. The molecule has 0 aliphatic carbocycles. The van der Waals surface area contributed by atoms with Gasteiger partial charge in [0.05, 0.1) is 27.4 Å². The number of hydrogen-bond donors (Lipinski definition) is 1. The summed E-state index contributed by atoms with van der Waals surface area (Å²) in [5.41, 5.74) is 1.06. The van der Waals surface area contributed by atoms with Crippen LogP contribution in [0.3, 0.4) is 0 Å². The van der Waals surface area contributed by atoms with Crippen LogP contribution in [0.2, 0.25) is 0 Å². The molecule has 1 aliphatic rings. The molecule has 7 nitrogen and oxygen atoms in total. The topological polar surface area (TPSA) is 65.0 Å². The van der Waals surface area contributed by atoms with Gasteiger partial charge in [0.2, 0.25) is 5.75 Å². The molecule has 2 aromatic carbocycles. The summed E-state index contributed by atoms with van der Waals surface area (Å²) in [7, 11) is 4.53. The molecule has 3 aromatic rings. The minimum Gasteiger partial charge on any atom is -0.493 e. The number of carbonyl (C=O) groups is 1. The molecule has 0 fully saturated rings. The van der Waals surface area contributed by atoms with E-state index in [1.165, 1.54) is 32.3 Å². The zero-order chi connectivity index (χ0) is 22.8. The molecule has 1 N–H and O–H groups in total. The largest absolute Gasteiger partial charge is 0.493 e. The minimum atomic E-state index is -0.844. The zero-order valence-corrected chi connectivity index (χ0v) is 17.9. The summed E-state index contributed by atoms with van der Waals surface area (Å²) in [5, 5.41) is 2.39. The molecule has 1 unspecified atom stereocenters. The van der Waals surface area contributed by atoms with Gasteiger partial charge in [0, 0.05) is 25.0 Å². The molecule has 9 heteroatoms. The SMILES string of the molecule is COc1cc(C2c3cccn3CCN2C(=O)Nc2c(F)cccc2F)cc(OC)c1OC. The number of urea groups is 1. The Hall–Kier alpha value is -3.75. The van der Waals surface area contributed by atoms with E-state index >= 15 is 0 Å². The van der Waals surface area contributed by atoms with E-state index in [1.807, 2.05) is 22.9 Å². The van der Waals surface area contributed by atoms with E-state index in [9.17, 15) is 13.6 Å². The molecule has 32 heavy (non-hydrogen) atoms. The Morgan fingerprint density at radius 3 is 2.22 bits per heavy atom. The summed E-state index contributed by atoms with van der Waals surface area (Å²) < 4.78 is 46.7. The van der Waals surface area contributed by atoms with E-state index in [0.29, 0.717) is 35.9 Å². The Balaban J connectivity index is 1.78. The fourth-order valence-electron chi connectivity index (χ4n) is 4.01. The van der Waals surface area contributed by atoms with E-state index in [2.05, 4.69) is 5.32 Å². The second-order valence-corrected chi connectivity index (χ2v) is 7.21. The first-order valence-corrected chi connectivity index (χ1v) is 9.95. The van der Waals surface area contributed by atoms with Crippen molar-refractivity contribution >= 4 is 11.7 Å². The number of benzene rings is 2. The molecule has 4 rings (SSSR count). The Labute approximate surface area is 184 Å². The van der Waals surface area contributed by atoms with Gasteiger partial charge in [-0.3, -0.25) is 0 Å². The standard InChI is InChI=1S/C23H23F2N3O4/c1-30-18-12-14(13-19(31-2)22(18)32-3)21-17-8-5-9-27(17)10-11-28(21)23(29)26-20-15(24)6-4-7-16(20)25/h4-9,12-13,21H,10-11H2,1-3H3,(H,26,29). The zero-order valence-electron chi connectivity index (χ0n) is 17.9. The van der Waals surface area contributed by atoms with Crippen LogP contribution in [-0.2, 0) is 6.54 Å². The molecule has 0 bridgehead atoms. The number of halogens is 2. The normalized spacial score (nSPS) is 15.2. The number of fused-ring (bicyclic) bond motifs is 1.